The number of phenolic OH excluding ortho intramolecular Hbond substituents is 1. The number of aromatic hydroxyl groups is 1. The number of nitrogens with one attached hydrogen (secondary N) is 1. The van der Waals surface area contributed by atoms with Gasteiger partial charge in [-0.2, -0.15) is 0 Å². The van der Waals surface area contributed by atoms with Gasteiger partial charge in [0.25, 0.3) is 0 Å². The number of phenols is 1. The number of aliphatic hydroxyl groups is 2. The summed E-state index contributed by atoms with van der Waals surface area (Å²) in [5, 5.41) is 34.9. The molecular formula is C17H21NO5. The maximum atomic E-state index is 10.7. The van der Waals surface area contributed by atoms with E-state index in [0.29, 0.717) is 30.9 Å². The number of fused-ring (bicyclic) bond motifs is 1. The first-order chi connectivity index (χ1) is 11.0. The second-order valence-corrected chi connectivity index (χ2v) is 6.57. The van der Waals surface area contributed by atoms with Crippen molar-refractivity contribution in [1.29, 1.82) is 0 Å². The van der Waals surface area contributed by atoms with Crippen LogP contribution in [0.5, 0.6) is 11.5 Å². The maximum absolute atomic E-state index is 10.7. The van der Waals surface area contributed by atoms with E-state index < -0.39 is 17.6 Å². The number of methoxy groups -OCH3 is 2. The van der Waals surface area contributed by atoms with Crippen LogP contribution in [0, 0.1) is 0 Å². The highest BCUT2D eigenvalue weighted by Crippen LogP contribution is 2.56. The number of benzene rings is 1. The smallest absolute Gasteiger partial charge is 0.162 e. The monoisotopic (exact) mass is 319 g/mol. The molecule has 2 aliphatic carbocycles. The molecule has 1 heterocycles. The highest BCUT2D eigenvalue weighted by molar-refractivity contribution is 5.63. The Hall–Kier alpha value is -1.76. The zero-order valence-electron chi connectivity index (χ0n) is 13.2. The zero-order chi connectivity index (χ0) is 16.4. The third-order valence-corrected chi connectivity index (χ3v) is 5.54. The van der Waals surface area contributed by atoms with Crippen molar-refractivity contribution < 1.29 is 24.8 Å². The lowest BCUT2D eigenvalue weighted by Gasteiger charge is -2.44. The highest BCUT2D eigenvalue weighted by atomic mass is 16.5. The molecule has 6 nitrogen and oxygen atoms in total. The van der Waals surface area contributed by atoms with Crippen molar-refractivity contribution in [3.63, 3.8) is 0 Å². The molecule has 23 heavy (non-hydrogen) atoms. The van der Waals surface area contributed by atoms with Gasteiger partial charge in [-0.3, -0.25) is 0 Å². The average Bonchev–Trinajstić information content (AvgIpc) is 2.79. The minimum Gasteiger partial charge on any atom is -0.504 e. The summed E-state index contributed by atoms with van der Waals surface area (Å²) in [6.07, 6.45) is -0.918. The Morgan fingerprint density at radius 1 is 1.22 bits per heavy atom. The molecule has 0 saturated carbocycles. The molecule has 4 N–H and O–H groups in total. The lowest BCUT2D eigenvalue weighted by molar-refractivity contribution is -0.0170. The van der Waals surface area contributed by atoms with Crippen LogP contribution in [0.2, 0.25) is 0 Å². The Labute approximate surface area is 134 Å². The van der Waals surface area contributed by atoms with Gasteiger partial charge in [-0.25, -0.2) is 0 Å². The fraction of sp³-hybridized carbons (Fsp3) is 0.529. The van der Waals surface area contributed by atoms with E-state index in [1.807, 2.05) is 6.07 Å². The van der Waals surface area contributed by atoms with Crippen LogP contribution < -0.4 is 10.1 Å². The summed E-state index contributed by atoms with van der Waals surface area (Å²) in [4.78, 5) is 0. The number of rotatable bonds is 2. The molecule has 1 aliphatic heterocycles. The first kappa shape index (κ1) is 14.8. The maximum Gasteiger partial charge on any atom is 0.162 e. The van der Waals surface area contributed by atoms with Gasteiger partial charge in [-0.1, -0.05) is 6.07 Å². The van der Waals surface area contributed by atoms with Crippen LogP contribution in [0.3, 0.4) is 0 Å². The Morgan fingerprint density at radius 3 is 2.70 bits per heavy atom. The zero-order valence-corrected chi connectivity index (χ0v) is 13.2. The van der Waals surface area contributed by atoms with Gasteiger partial charge in [0, 0.05) is 23.6 Å². The second-order valence-electron chi connectivity index (χ2n) is 6.57. The minimum absolute atomic E-state index is 0.0485. The molecule has 0 radical (unpaired) electrons. The van der Waals surface area contributed by atoms with Crippen LogP contribution in [-0.2, 0) is 16.6 Å². The third kappa shape index (κ3) is 1.74. The molecule has 1 saturated heterocycles. The summed E-state index contributed by atoms with van der Waals surface area (Å²) in [5.74, 6) is 0.956. The van der Waals surface area contributed by atoms with Crippen molar-refractivity contribution >= 4 is 0 Å². The molecule has 1 aromatic rings. The quantitative estimate of drug-likeness (QED) is 0.622. The van der Waals surface area contributed by atoms with E-state index in [-0.39, 0.29) is 11.8 Å². The standard InChI is InChI=1S/C17H21NO5/c1-22-11-4-3-8-5-9-13-16(23-2)14(20)10(19)6-17(13,7-18-9)12(8)15(11)21/h3-4,9-10,14,18-21H,5-7H2,1-2H3/t9-,10-,14-,17+/m0/s1. The lowest BCUT2D eigenvalue weighted by atomic mass is 9.61. The molecule has 6 heteroatoms. The van der Waals surface area contributed by atoms with Crippen molar-refractivity contribution in [2.45, 2.75) is 36.5 Å². The second kappa shape index (κ2) is 4.87. The molecule has 4 atom stereocenters. The summed E-state index contributed by atoms with van der Waals surface area (Å²) in [5.41, 5.74) is 2.21. The predicted octanol–water partition coefficient (Wildman–Crippen LogP) is 0.192. The normalized spacial score (nSPS) is 34.9. The van der Waals surface area contributed by atoms with E-state index in [9.17, 15) is 15.3 Å². The molecule has 0 spiro atoms. The largest absolute Gasteiger partial charge is 0.504 e. The molecule has 0 amide bonds. The van der Waals surface area contributed by atoms with Gasteiger partial charge in [0.05, 0.1) is 20.3 Å². The number of ether oxygens (including phenoxy) is 2. The van der Waals surface area contributed by atoms with Crippen LogP contribution in [-0.4, -0.2) is 54.3 Å². The molecule has 0 aromatic heterocycles. The summed E-state index contributed by atoms with van der Waals surface area (Å²) >= 11 is 0. The van der Waals surface area contributed by atoms with Crippen LogP contribution in [0.25, 0.3) is 0 Å². The van der Waals surface area contributed by atoms with Crippen LogP contribution >= 0.6 is 0 Å². The summed E-state index contributed by atoms with van der Waals surface area (Å²) in [6, 6.07) is 3.79. The Morgan fingerprint density at radius 2 is 2.00 bits per heavy atom. The topological polar surface area (TPSA) is 91.2 Å². The Balaban J connectivity index is 2.02. The molecular weight excluding hydrogens is 298 g/mol. The Bertz CT molecular complexity index is 700. The highest BCUT2D eigenvalue weighted by Gasteiger charge is 2.57. The van der Waals surface area contributed by atoms with Gasteiger partial charge in [-0.05, 0) is 30.0 Å². The van der Waals surface area contributed by atoms with Crippen LogP contribution in [0.1, 0.15) is 17.5 Å². The van der Waals surface area contributed by atoms with E-state index in [2.05, 4.69) is 5.32 Å². The van der Waals surface area contributed by atoms with Gasteiger partial charge >= 0.3 is 0 Å². The predicted molar refractivity (Wildman–Crippen MR) is 82.5 cm³/mol. The number of hydrogen-bond donors (Lipinski definition) is 4. The molecule has 0 unspecified atom stereocenters. The van der Waals surface area contributed by atoms with E-state index in [0.717, 1.165) is 16.7 Å². The number of hydrogen-bond acceptors (Lipinski definition) is 6. The average molecular weight is 319 g/mol. The van der Waals surface area contributed by atoms with Gasteiger partial charge in [-0.15, -0.1) is 0 Å². The molecule has 1 aromatic carbocycles. The van der Waals surface area contributed by atoms with Crippen molar-refractivity contribution in [1.82, 2.24) is 5.32 Å². The molecule has 2 bridgehead atoms. The molecule has 124 valence electrons. The van der Waals surface area contributed by atoms with Crippen LogP contribution in [0.15, 0.2) is 23.5 Å². The van der Waals surface area contributed by atoms with Gasteiger partial charge in [0.15, 0.2) is 11.5 Å². The minimum atomic E-state index is -1.03. The van der Waals surface area contributed by atoms with E-state index in [4.69, 9.17) is 9.47 Å². The third-order valence-electron chi connectivity index (χ3n) is 5.54. The summed E-state index contributed by atoms with van der Waals surface area (Å²) < 4.78 is 10.7. The van der Waals surface area contributed by atoms with Crippen molar-refractivity contribution in [3.8, 4) is 11.5 Å². The van der Waals surface area contributed by atoms with Gasteiger partial charge in [0.1, 0.15) is 11.9 Å². The van der Waals surface area contributed by atoms with Crippen LogP contribution in [0.4, 0.5) is 0 Å². The number of aliphatic hydroxyl groups excluding tert-OH is 2. The lowest BCUT2D eigenvalue weighted by Crippen LogP contribution is -2.48. The molecule has 4 rings (SSSR count). The fourth-order valence-corrected chi connectivity index (χ4v) is 4.65. The molecule has 3 aliphatic rings. The van der Waals surface area contributed by atoms with E-state index in [1.165, 1.54) is 14.2 Å². The van der Waals surface area contributed by atoms with Crippen molar-refractivity contribution in [2.24, 2.45) is 0 Å². The molecule has 1 fully saturated rings. The first-order valence-electron chi connectivity index (χ1n) is 7.81. The van der Waals surface area contributed by atoms with E-state index in [1.54, 1.807) is 6.07 Å². The van der Waals surface area contributed by atoms with Crippen molar-refractivity contribution in [3.05, 3.63) is 34.6 Å². The SMILES string of the molecule is COC1=C2[C@@H]3Cc4ccc(OC)c(O)c4[C@]2(CN3)C[C@H](O)[C@@H]1O. The first-order valence-corrected chi connectivity index (χ1v) is 7.81. The van der Waals surface area contributed by atoms with Crippen molar-refractivity contribution in [2.75, 3.05) is 20.8 Å². The van der Waals surface area contributed by atoms with Gasteiger partial charge in [0.2, 0.25) is 0 Å². The fourth-order valence-electron chi connectivity index (χ4n) is 4.65. The van der Waals surface area contributed by atoms with Gasteiger partial charge < -0.3 is 30.1 Å². The summed E-state index contributed by atoms with van der Waals surface area (Å²) in [6.45, 7) is 0.595. The summed E-state index contributed by atoms with van der Waals surface area (Å²) in [7, 11) is 3.03. The Kier molecular flexibility index (Phi) is 3.13. The van der Waals surface area contributed by atoms with E-state index >= 15 is 0 Å².